The summed E-state index contributed by atoms with van der Waals surface area (Å²) >= 11 is 1.99. The number of benzene rings is 2. The molecule has 11 heteroatoms. The molecule has 0 bridgehead atoms. The van der Waals surface area contributed by atoms with Crippen molar-refractivity contribution in [3.63, 3.8) is 0 Å². The molecule has 0 spiro atoms. The number of carboxylic acid groups (broad SMARTS) is 1. The fourth-order valence-corrected chi connectivity index (χ4v) is 8.55. The van der Waals surface area contributed by atoms with E-state index in [4.69, 9.17) is 8.92 Å². The third-order valence-electron chi connectivity index (χ3n) is 8.66. The van der Waals surface area contributed by atoms with Crippen LogP contribution in [0.3, 0.4) is 0 Å². The minimum atomic E-state index is -4.19. The van der Waals surface area contributed by atoms with Crippen molar-refractivity contribution in [1.82, 2.24) is 4.90 Å². The third kappa shape index (κ3) is 6.56. The van der Waals surface area contributed by atoms with Gasteiger partial charge in [0.1, 0.15) is 4.90 Å². The van der Waals surface area contributed by atoms with Crippen LogP contribution in [0.15, 0.2) is 63.8 Å². The molecule has 9 nitrogen and oxygen atoms in total. The number of aryl methyl sites for hydroxylation is 1. The molecule has 0 atom stereocenters. The zero-order valence-electron chi connectivity index (χ0n) is 26.3. The first-order chi connectivity index (χ1) is 20.9. The molecule has 0 aromatic heterocycles. The molecule has 0 saturated heterocycles. The summed E-state index contributed by atoms with van der Waals surface area (Å²) < 4.78 is 38.2. The number of carbonyl (C=O) groups is 3. The van der Waals surface area contributed by atoms with Crippen molar-refractivity contribution in [3.05, 3.63) is 73.6 Å². The maximum absolute atomic E-state index is 14.0. The first-order valence-electron chi connectivity index (χ1n) is 14.8. The Hall–Kier alpha value is -3.19. The highest BCUT2D eigenvalue weighted by Gasteiger charge is 2.49. The number of allylic oxidation sites excluding steroid dienone is 4. The van der Waals surface area contributed by atoms with Crippen LogP contribution >= 0.6 is 22.6 Å². The van der Waals surface area contributed by atoms with E-state index in [9.17, 15) is 27.9 Å². The van der Waals surface area contributed by atoms with Crippen LogP contribution in [0.25, 0.3) is 0 Å². The lowest BCUT2D eigenvalue weighted by atomic mass is 9.63. The minimum absolute atomic E-state index is 0.000749. The predicted molar refractivity (Wildman–Crippen MR) is 176 cm³/mol. The summed E-state index contributed by atoms with van der Waals surface area (Å²) in [5.41, 5.74) is 3.28. The van der Waals surface area contributed by atoms with Crippen molar-refractivity contribution in [2.24, 2.45) is 10.8 Å². The van der Waals surface area contributed by atoms with Crippen molar-refractivity contribution < 1.29 is 36.8 Å². The fourth-order valence-electron chi connectivity index (χ4n) is 6.71. The highest BCUT2D eigenvalue weighted by atomic mass is 127. The highest BCUT2D eigenvalue weighted by molar-refractivity contribution is 14.1. The molecule has 0 fully saturated rings. The molecule has 0 radical (unpaired) electrons. The number of methoxy groups -OCH3 is 1. The molecule has 1 heterocycles. The summed E-state index contributed by atoms with van der Waals surface area (Å²) in [6, 6.07) is 9.72. The smallest absolute Gasteiger partial charge is 0.339 e. The van der Waals surface area contributed by atoms with E-state index in [0.29, 0.717) is 33.1 Å². The number of carboxylic acids is 1. The minimum Gasteiger partial charge on any atom is -0.493 e. The van der Waals surface area contributed by atoms with Crippen molar-refractivity contribution in [3.8, 4) is 11.5 Å². The Labute approximate surface area is 277 Å². The Morgan fingerprint density at radius 2 is 1.49 bits per heavy atom. The van der Waals surface area contributed by atoms with E-state index in [2.05, 4.69) is 0 Å². The summed E-state index contributed by atoms with van der Waals surface area (Å²) in [5, 5.41) is 9.59. The number of aliphatic carboxylic acids is 1. The number of nitrogens with zero attached hydrogens (tertiary/aromatic N) is 1. The van der Waals surface area contributed by atoms with E-state index in [0.717, 1.165) is 17.0 Å². The molecule has 0 unspecified atom stereocenters. The first kappa shape index (κ1) is 33.2. The van der Waals surface area contributed by atoms with Gasteiger partial charge in [0, 0.05) is 47.8 Å². The summed E-state index contributed by atoms with van der Waals surface area (Å²) in [7, 11) is -2.78. The zero-order valence-corrected chi connectivity index (χ0v) is 29.3. The van der Waals surface area contributed by atoms with Crippen LogP contribution in [-0.2, 0) is 24.5 Å². The van der Waals surface area contributed by atoms with E-state index in [-0.39, 0.29) is 64.6 Å². The van der Waals surface area contributed by atoms with Crippen molar-refractivity contribution in [2.75, 3.05) is 13.7 Å². The largest absolute Gasteiger partial charge is 0.493 e. The van der Waals surface area contributed by atoms with Crippen LogP contribution in [0, 0.1) is 21.3 Å². The highest BCUT2D eigenvalue weighted by Crippen LogP contribution is 2.55. The lowest BCUT2D eigenvalue weighted by Gasteiger charge is -2.49. The van der Waals surface area contributed by atoms with Gasteiger partial charge in [-0.3, -0.25) is 14.4 Å². The third-order valence-corrected chi connectivity index (χ3v) is 10.7. The van der Waals surface area contributed by atoms with Crippen LogP contribution in [0.1, 0.15) is 76.8 Å². The van der Waals surface area contributed by atoms with Gasteiger partial charge in [0.15, 0.2) is 23.1 Å². The van der Waals surface area contributed by atoms with Crippen molar-refractivity contribution in [1.29, 1.82) is 0 Å². The normalized spacial score (nSPS) is 19.8. The second kappa shape index (κ2) is 11.9. The molecule has 0 amide bonds. The molecule has 3 aliphatic rings. The maximum atomic E-state index is 14.0. The Morgan fingerprint density at radius 1 is 0.956 bits per heavy atom. The van der Waals surface area contributed by atoms with Crippen LogP contribution < -0.4 is 8.92 Å². The topological polar surface area (TPSA) is 127 Å². The molecule has 1 aliphatic heterocycles. The molecule has 240 valence electrons. The fraction of sp³-hybridized carbons (Fsp3) is 0.441. The maximum Gasteiger partial charge on any atom is 0.339 e. The van der Waals surface area contributed by atoms with Gasteiger partial charge in [-0.15, -0.1) is 0 Å². The second-order valence-corrected chi connectivity index (χ2v) is 16.4. The molecule has 2 aromatic rings. The van der Waals surface area contributed by atoms with Gasteiger partial charge in [-0.25, -0.2) is 0 Å². The summed E-state index contributed by atoms with van der Waals surface area (Å²) in [6.45, 7) is 10.1. The molecule has 2 aromatic carbocycles. The van der Waals surface area contributed by atoms with Crippen LogP contribution in [0.5, 0.6) is 11.5 Å². The molecule has 2 aliphatic carbocycles. The molecule has 5 rings (SSSR count). The quantitative estimate of drug-likeness (QED) is 0.237. The number of ether oxygens (including phenoxy) is 1. The lowest BCUT2D eigenvalue weighted by Crippen LogP contribution is -2.45. The lowest BCUT2D eigenvalue weighted by molar-refractivity contribution is -0.137. The molecule has 0 saturated carbocycles. The standard InChI is InChI=1S/C34H38INO8S/c1-19-7-9-21(10-8-19)45(41,42)44-32-22(35)13-20(14-27(32)43-6)29-30-23(15-33(2,3)17-25(30)37)36(12-11-28(39)40)24-16-34(4,5)18-26(38)31(24)29/h7-10,13-14,29H,11-12,15-18H2,1-6H3,(H,39,40). The Balaban J connectivity index is 1.69. The first-order valence-corrected chi connectivity index (χ1v) is 17.3. The van der Waals surface area contributed by atoms with Gasteiger partial charge in [-0.1, -0.05) is 45.4 Å². The van der Waals surface area contributed by atoms with E-state index in [1.165, 1.54) is 19.2 Å². The SMILES string of the molecule is COc1cc(C2C3=C(CC(C)(C)CC3=O)N(CCC(=O)O)C3=C2C(=O)CC(C)(C)C3)cc(I)c1OS(=O)(=O)c1ccc(C)cc1. The van der Waals surface area contributed by atoms with Crippen LogP contribution in [-0.4, -0.2) is 49.6 Å². The van der Waals surface area contributed by atoms with Gasteiger partial charge >= 0.3 is 16.1 Å². The zero-order chi connectivity index (χ0) is 33.1. The van der Waals surface area contributed by atoms with E-state index in [1.54, 1.807) is 24.3 Å². The van der Waals surface area contributed by atoms with Gasteiger partial charge in [-0.2, -0.15) is 8.42 Å². The number of hydrogen-bond acceptors (Lipinski definition) is 8. The van der Waals surface area contributed by atoms with Gasteiger partial charge in [0.25, 0.3) is 0 Å². The van der Waals surface area contributed by atoms with Crippen molar-refractivity contribution >= 4 is 50.2 Å². The second-order valence-electron chi connectivity index (χ2n) is 13.7. The van der Waals surface area contributed by atoms with Gasteiger partial charge in [-0.05, 0) is 83.0 Å². The van der Waals surface area contributed by atoms with Gasteiger partial charge in [0.2, 0.25) is 0 Å². The monoisotopic (exact) mass is 747 g/mol. The van der Waals surface area contributed by atoms with Crippen LogP contribution in [0.2, 0.25) is 0 Å². The predicted octanol–water partition coefficient (Wildman–Crippen LogP) is 6.54. The van der Waals surface area contributed by atoms with E-state index in [1.807, 2.05) is 62.1 Å². The van der Waals surface area contributed by atoms with E-state index < -0.39 is 22.0 Å². The van der Waals surface area contributed by atoms with Crippen molar-refractivity contribution in [2.45, 2.75) is 77.5 Å². The summed E-state index contributed by atoms with van der Waals surface area (Å²) in [6.07, 6.45) is 1.50. The number of halogens is 1. The Morgan fingerprint density at radius 3 is 1.98 bits per heavy atom. The number of Topliss-reactive ketones (excluding diaryl/α,β-unsaturated/α-hetero) is 2. The number of rotatable bonds is 8. The number of hydrogen-bond donors (Lipinski definition) is 1. The Bertz CT molecular complexity index is 1720. The number of ketones is 2. The molecular weight excluding hydrogens is 709 g/mol. The Kier molecular flexibility index (Phi) is 8.75. The summed E-state index contributed by atoms with van der Waals surface area (Å²) in [5.74, 6) is -1.69. The van der Waals surface area contributed by atoms with Crippen LogP contribution in [0.4, 0.5) is 0 Å². The summed E-state index contributed by atoms with van der Waals surface area (Å²) in [4.78, 5) is 41.7. The van der Waals surface area contributed by atoms with Gasteiger partial charge < -0.3 is 18.9 Å². The average molecular weight is 748 g/mol. The number of carbonyl (C=O) groups excluding carboxylic acids is 2. The molecule has 45 heavy (non-hydrogen) atoms. The van der Waals surface area contributed by atoms with E-state index >= 15 is 0 Å². The van der Waals surface area contributed by atoms with Gasteiger partial charge in [0.05, 0.1) is 17.1 Å². The molecular formula is C34H38INO8S. The molecule has 1 N–H and O–H groups in total. The average Bonchev–Trinajstić information content (AvgIpc) is 2.91.